The Morgan fingerprint density at radius 1 is 1.04 bits per heavy atom. The van der Waals surface area contributed by atoms with Crippen molar-refractivity contribution in [3.05, 3.63) is 66.2 Å². The SMILES string of the molecule is Cl.NC(CC(=O)N(CC1CC1)c1ccccc1)c1ccccc1. The van der Waals surface area contributed by atoms with E-state index in [0.29, 0.717) is 12.3 Å². The monoisotopic (exact) mass is 330 g/mol. The van der Waals surface area contributed by atoms with Gasteiger partial charge < -0.3 is 10.6 Å². The summed E-state index contributed by atoms with van der Waals surface area (Å²) in [5.74, 6) is 0.756. The maximum Gasteiger partial charge on any atom is 0.228 e. The van der Waals surface area contributed by atoms with E-state index in [1.54, 1.807) is 0 Å². The summed E-state index contributed by atoms with van der Waals surface area (Å²) < 4.78 is 0. The van der Waals surface area contributed by atoms with Crippen LogP contribution in [0.25, 0.3) is 0 Å². The van der Waals surface area contributed by atoms with Crippen LogP contribution >= 0.6 is 12.4 Å². The maximum absolute atomic E-state index is 12.7. The topological polar surface area (TPSA) is 46.3 Å². The smallest absolute Gasteiger partial charge is 0.228 e. The minimum absolute atomic E-state index is 0. The van der Waals surface area contributed by atoms with Crippen LogP contribution in [0.2, 0.25) is 0 Å². The highest BCUT2D eigenvalue weighted by Gasteiger charge is 2.28. The number of amides is 1. The van der Waals surface area contributed by atoms with Crippen LogP contribution in [0.3, 0.4) is 0 Å². The Morgan fingerprint density at radius 2 is 1.61 bits per heavy atom. The molecule has 1 atom stereocenters. The first-order valence-corrected chi connectivity index (χ1v) is 7.90. The second-order valence-electron chi connectivity index (χ2n) is 6.00. The quantitative estimate of drug-likeness (QED) is 0.872. The zero-order valence-electron chi connectivity index (χ0n) is 13.1. The second-order valence-corrected chi connectivity index (χ2v) is 6.00. The molecule has 3 rings (SSSR count). The molecule has 23 heavy (non-hydrogen) atoms. The highest BCUT2D eigenvalue weighted by Crippen LogP contribution is 2.32. The van der Waals surface area contributed by atoms with Crippen LogP contribution < -0.4 is 10.6 Å². The Morgan fingerprint density at radius 3 is 2.17 bits per heavy atom. The van der Waals surface area contributed by atoms with Crippen LogP contribution in [0.1, 0.15) is 30.9 Å². The zero-order valence-corrected chi connectivity index (χ0v) is 13.9. The molecule has 4 heteroatoms. The first kappa shape index (κ1) is 17.5. The summed E-state index contributed by atoms with van der Waals surface area (Å²) in [5.41, 5.74) is 8.19. The van der Waals surface area contributed by atoms with Gasteiger partial charge in [0.25, 0.3) is 0 Å². The van der Waals surface area contributed by atoms with E-state index in [2.05, 4.69) is 0 Å². The maximum atomic E-state index is 12.7. The number of benzene rings is 2. The molecule has 0 saturated heterocycles. The molecule has 1 fully saturated rings. The van der Waals surface area contributed by atoms with E-state index in [1.165, 1.54) is 12.8 Å². The standard InChI is InChI=1S/C19H22N2O.ClH/c20-18(16-7-3-1-4-8-16)13-19(22)21(14-15-11-12-15)17-9-5-2-6-10-17;/h1-10,15,18H,11-14,20H2;1H. The van der Waals surface area contributed by atoms with Gasteiger partial charge in [-0.25, -0.2) is 0 Å². The van der Waals surface area contributed by atoms with Crippen molar-refractivity contribution >= 4 is 24.0 Å². The molecule has 1 unspecified atom stereocenters. The van der Waals surface area contributed by atoms with Gasteiger partial charge in [0, 0.05) is 24.7 Å². The summed E-state index contributed by atoms with van der Waals surface area (Å²) in [6, 6.07) is 19.5. The normalized spacial score (nSPS) is 14.7. The Labute approximate surface area is 143 Å². The van der Waals surface area contributed by atoms with Gasteiger partial charge in [-0.2, -0.15) is 0 Å². The molecule has 3 nitrogen and oxygen atoms in total. The van der Waals surface area contributed by atoms with Gasteiger partial charge in [0.05, 0.1) is 0 Å². The van der Waals surface area contributed by atoms with E-state index < -0.39 is 0 Å². The number of para-hydroxylation sites is 1. The molecule has 0 aromatic heterocycles. The highest BCUT2D eigenvalue weighted by atomic mass is 35.5. The zero-order chi connectivity index (χ0) is 15.4. The predicted octanol–water partition coefficient (Wildman–Crippen LogP) is 3.94. The molecule has 0 spiro atoms. The van der Waals surface area contributed by atoms with Gasteiger partial charge in [-0.05, 0) is 36.5 Å². The fraction of sp³-hybridized carbons (Fsp3) is 0.316. The average molecular weight is 331 g/mol. The number of carbonyl (C=O) groups is 1. The van der Waals surface area contributed by atoms with E-state index in [-0.39, 0.29) is 24.4 Å². The third-order valence-electron chi connectivity index (χ3n) is 4.13. The van der Waals surface area contributed by atoms with Crippen molar-refractivity contribution in [1.82, 2.24) is 0 Å². The van der Waals surface area contributed by atoms with Crippen molar-refractivity contribution in [3.63, 3.8) is 0 Å². The molecular weight excluding hydrogens is 308 g/mol. The molecule has 1 saturated carbocycles. The molecule has 0 aliphatic heterocycles. The van der Waals surface area contributed by atoms with Gasteiger partial charge in [0.2, 0.25) is 5.91 Å². The van der Waals surface area contributed by atoms with Gasteiger partial charge in [-0.1, -0.05) is 48.5 Å². The Balaban J connectivity index is 0.00000192. The molecule has 0 heterocycles. The highest BCUT2D eigenvalue weighted by molar-refractivity contribution is 5.93. The fourth-order valence-corrected chi connectivity index (χ4v) is 2.63. The molecule has 2 aromatic rings. The molecule has 122 valence electrons. The second kappa shape index (κ2) is 8.14. The summed E-state index contributed by atoms with van der Waals surface area (Å²) >= 11 is 0. The van der Waals surface area contributed by atoms with E-state index in [4.69, 9.17) is 5.73 Å². The molecule has 1 aliphatic rings. The van der Waals surface area contributed by atoms with E-state index in [1.807, 2.05) is 65.6 Å². The number of hydrogen-bond acceptors (Lipinski definition) is 2. The van der Waals surface area contributed by atoms with Crippen molar-refractivity contribution < 1.29 is 4.79 Å². The molecule has 1 amide bonds. The number of carbonyl (C=O) groups excluding carboxylic acids is 1. The largest absolute Gasteiger partial charge is 0.324 e. The lowest BCUT2D eigenvalue weighted by Crippen LogP contribution is -2.35. The summed E-state index contributed by atoms with van der Waals surface area (Å²) in [4.78, 5) is 14.6. The number of halogens is 1. The lowest BCUT2D eigenvalue weighted by Gasteiger charge is -2.24. The number of nitrogens with two attached hydrogens (primary N) is 1. The third kappa shape index (κ3) is 4.81. The Hall–Kier alpha value is -1.84. The minimum atomic E-state index is -0.251. The molecule has 0 radical (unpaired) electrons. The summed E-state index contributed by atoms with van der Waals surface area (Å²) in [7, 11) is 0. The van der Waals surface area contributed by atoms with Crippen LogP contribution in [0.4, 0.5) is 5.69 Å². The molecule has 1 aliphatic carbocycles. The first-order chi connectivity index (χ1) is 10.7. The molecule has 2 aromatic carbocycles. The Bertz CT molecular complexity index is 614. The van der Waals surface area contributed by atoms with Crippen LogP contribution in [-0.2, 0) is 4.79 Å². The van der Waals surface area contributed by atoms with Crippen LogP contribution in [0.15, 0.2) is 60.7 Å². The predicted molar refractivity (Wildman–Crippen MR) is 96.8 cm³/mol. The van der Waals surface area contributed by atoms with Crippen molar-refractivity contribution in [2.45, 2.75) is 25.3 Å². The number of hydrogen-bond donors (Lipinski definition) is 1. The van der Waals surface area contributed by atoms with Crippen molar-refractivity contribution in [1.29, 1.82) is 0 Å². The van der Waals surface area contributed by atoms with Gasteiger partial charge in [0.1, 0.15) is 0 Å². The van der Waals surface area contributed by atoms with E-state index in [0.717, 1.165) is 17.8 Å². The lowest BCUT2D eigenvalue weighted by molar-refractivity contribution is -0.119. The van der Waals surface area contributed by atoms with Gasteiger partial charge >= 0.3 is 0 Å². The summed E-state index contributed by atoms with van der Waals surface area (Å²) in [6.07, 6.45) is 2.79. The van der Waals surface area contributed by atoms with Crippen LogP contribution in [-0.4, -0.2) is 12.5 Å². The number of rotatable bonds is 6. The van der Waals surface area contributed by atoms with Gasteiger partial charge in [-0.3, -0.25) is 4.79 Å². The minimum Gasteiger partial charge on any atom is -0.324 e. The average Bonchev–Trinajstić information content (AvgIpc) is 3.38. The summed E-state index contributed by atoms with van der Waals surface area (Å²) in [6.45, 7) is 0.810. The van der Waals surface area contributed by atoms with Crippen LogP contribution in [0.5, 0.6) is 0 Å². The van der Waals surface area contributed by atoms with Crippen LogP contribution in [0, 0.1) is 5.92 Å². The van der Waals surface area contributed by atoms with Gasteiger partial charge in [0.15, 0.2) is 0 Å². The number of nitrogens with zero attached hydrogens (tertiary/aromatic N) is 1. The van der Waals surface area contributed by atoms with E-state index >= 15 is 0 Å². The van der Waals surface area contributed by atoms with Crippen molar-refractivity contribution in [2.24, 2.45) is 11.7 Å². The number of anilines is 1. The van der Waals surface area contributed by atoms with Crippen molar-refractivity contribution in [2.75, 3.05) is 11.4 Å². The molecule has 2 N–H and O–H groups in total. The third-order valence-corrected chi connectivity index (χ3v) is 4.13. The Kier molecular flexibility index (Phi) is 6.20. The fourth-order valence-electron chi connectivity index (χ4n) is 2.63. The first-order valence-electron chi connectivity index (χ1n) is 7.90. The summed E-state index contributed by atoms with van der Waals surface area (Å²) in [5, 5.41) is 0. The lowest BCUT2D eigenvalue weighted by atomic mass is 10.0. The van der Waals surface area contributed by atoms with Gasteiger partial charge in [-0.15, -0.1) is 12.4 Å². The molecular formula is C19H23ClN2O. The van der Waals surface area contributed by atoms with Crippen molar-refractivity contribution in [3.8, 4) is 0 Å². The molecule has 0 bridgehead atoms. The van der Waals surface area contributed by atoms with E-state index in [9.17, 15) is 4.79 Å².